The van der Waals surface area contributed by atoms with Crippen molar-refractivity contribution in [2.24, 2.45) is 7.05 Å². The molecule has 1 amide bonds. The van der Waals surface area contributed by atoms with E-state index in [0.717, 1.165) is 5.69 Å². The van der Waals surface area contributed by atoms with E-state index < -0.39 is 17.7 Å². The van der Waals surface area contributed by atoms with E-state index in [9.17, 15) is 9.59 Å². The normalized spacial score (nSPS) is 11.3. The Morgan fingerprint density at radius 1 is 1.41 bits per heavy atom. The minimum Gasteiger partial charge on any atom is -0.476 e. The maximum Gasteiger partial charge on any atom is 0.431 e. The zero-order valence-corrected chi connectivity index (χ0v) is 13.2. The van der Waals surface area contributed by atoms with E-state index in [4.69, 9.17) is 14.7 Å². The summed E-state index contributed by atoms with van der Waals surface area (Å²) < 4.78 is 6.49. The molecule has 0 radical (unpaired) electrons. The Kier molecular flexibility index (Phi) is 6.32. The summed E-state index contributed by atoms with van der Waals surface area (Å²) in [5.74, 6) is -1.06. The zero-order chi connectivity index (χ0) is 16.8. The molecule has 9 heteroatoms. The number of hydrogen-bond acceptors (Lipinski definition) is 6. The van der Waals surface area contributed by atoms with Gasteiger partial charge in [-0.25, -0.2) is 9.59 Å². The molecule has 0 aliphatic rings. The third-order valence-electron chi connectivity index (χ3n) is 2.44. The first kappa shape index (κ1) is 17.9. The predicted molar refractivity (Wildman–Crippen MR) is 77.2 cm³/mol. The standard InChI is InChI=1S/C13H22N4O5/c1-13(2,3)22-12(20)16-21-6-5-14-8-9-7-10(11(18)19)15-17(9)4/h7,14H,5-6,8H2,1-4H3,(H,16,20)(H,18,19). The molecule has 0 aromatic carbocycles. The molecule has 0 aliphatic carbocycles. The zero-order valence-electron chi connectivity index (χ0n) is 13.2. The first-order chi connectivity index (χ1) is 10.2. The third kappa shape index (κ3) is 6.55. The van der Waals surface area contributed by atoms with Gasteiger partial charge in [-0.3, -0.25) is 9.52 Å². The van der Waals surface area contributed by atoms with Gasteiger partial charge in [0.2, 0.25) is 0 Å². The Morgan fingerprint density at radius 2 is 2.09 bits per heavy atom. The number of aromatic carboxylic acids is 1. The van der Waals surface area contributed by atoms with Crippen molar-refractivity contribution >= 4 is 12.1 Å². The van der Waals surface area contributed by atoms with Gasteiger partial charge in [-0.2, -0.15) is 10.6 Å². The number of hydrogen-bond donors (Lipinski definition) is 3. The minimum atomic E-state index is -1.06. The molecular weight excluding hydrogens is 292 g/mol. The van der Waals surface area contributed by atoms with E-state index in [1.165, 1.54) is 10.7 Å². The predicted octanol–water partition coefficient (Wildman–Crippen LogP) is 0.664. The number of carbonyl (C=O) groups excluding carboxylic acids is 1. The molecule has 124 valence electrons. The molecule has 0 fully saturated rings. The minimum absolute atomic E-state index is 0.00198. The monoisotopic (exact) mass is 314 g/mol. The Labute approximate surface area is 128 Å². The first-order valence-corrected chi connectivity index (χ1v) is 6.77. The maximum atomic E-state index is 11.3. The molecule has 3 N–H and O–H groups in total. The van der Waals surface area contributed by atoms with E-state index >= 15 is 0 Å². The average molecular weight is 314 g/mol. The quantitative estimate of drug-likeness (QED) is 0.500. The van der Waals surface area contributed by atoms with Crippen LogP contribution in [0.1, 0.15) is 37.0 Å². The summed E-state index contributed by atoms with van der Waals surface area (Å²) in [6.07, 6.45) is -0.648. The molecule has 0 atom stereocenters. The Morgan fingerprint density at radius 3 is 2.64 bits per heavy atom. The third-order valence-corrected chi connectivity index (χ3v) is 2.44. The Hall–Kier alpha value is -2.13. The maximum absolute atomic E-state index is 11.3. The summed E-state index contributed by atoms with van der Waals surface area (Å²) in [6, 6.07) is 1.50. The van der Waals surface area contributed by atoms with Crippen LogP contribution in [-0.4, -0.2) is 45.7 Å². The molecule has 0 aliphatic heterocycles. The lowest BCUT2D eigenvalue weighted by atomic mass is 10.2. The number of carboxylic acids is 1. The fraction of sp³-hybridized carbons (Fsp3) is 0.615. The summed E-state index contributed by atoms with van der Waals surface area (Å²) in [6.45, 7) is 6.41. The van der Waals surface area contributed by atoms with Crippen molar-refractivity contribution in [2.45, 2.75) is 32.9 Å². The lowest BCUT2D eigenvalue weighted by Crippen LogP contribution is -2.34. The second-order valence-electron chi connectivity index (χ2n) is 5.58. The van der Waals surface area contributed by atoms with Gasteiger partial charge >= 0.3 is 12.1 Å². The van der Waals surface area contributed by atoms with Gasteiger partial charge in [0.1, 0.15) is 5.60 Å². The van der Waals surface area contributed by atoms with Gasteiger partial charge in [-0.1, -0.05) is 0 Å². The highest BCUT2D eigenvalue weighted by molar-refractivity contribution is 5.85. The van der Waals surface area contributed by atoms with E-state index in [1.807, 2.05) is 0 Å². The van der Waals surface area contributed by atoms with Gasteiger partial charge in [0.25, 0.3) is 0 Å². The van der Waals surface area contributed by atoms with E-state index in [-0.39, 0.29) is 12.3 Å². The second-order valence-corrected chi connectivity index (χ2v) is 5.58. The number of nitrogens with zero attached hydrogens (tertiary/aromatic N) is 2. The number of nitrogens with one attached hydrogen (secondary N) is 2. The number of aromatic nitrogens is 2. The summed E-state index contributed by atoms with van der Waals surface area (Å²) in [7, 11) is 1.67. The molecule has 0 saturated carbocycles. The van der Waals surface area contributed by atoms with Gasteiger partial charge in [-0.15, -0.1) is 0 Å². The number of aryl methyl sites for hydroxylation is 1. The molecule has 22 heavy (non-hydrogen) atoms. The lowest BCUT2D eigenvalue weighted by Gasteiger charge is -2.19. The molecular formula is C13H22N4O5. The van der Waals surface area contributed by atoms with Crippen molar-refractivity contribution in [3.05, 3.63) is 17.5 Å². The van der Waals surface area contributed by atoms with Crippen LogP contribution in [0.5, 0.6) is 0 Å². The summed E-state index contributed by atoms with van der Waals surface area (Å²) >= 11 is 0. The first-order valence-electron chi connectivity index (χ1n) is 6.77. The average Bonchev–Trinajstić information content (AvgIpc) is 2.73. The van der Waals surface area contributed by atoms with Crippen molar-refractivity contribution in [3.63, 3.8) is 0 Å². The summed E-state index contributed by atoms with van der Waals surface area (Å²) in [5, 5.41) is 15.7. The van der Waals surface area contributed by atoms with Crippen LogP contribution >= 0.6 is 0 Å². The number of ether oxygens (including phenoxy) is 1. The van der Waals surface area contributed by atoms with E-state index in [2.05, 4.69) is 15.9 Å². The van der Waals surface area contributed by atoms with Gasteiger partial charge in [0.05, 0.1) is 12.3 Å². The van der Waals surface area contributed by atoms with Crippen molar-refractivity contribution in [1.82, 2.24) is 20.6 Å². The number of rotatable bonds is 7. The highest BCUT2D eigenvalue weighted by Gasteiger charge is 2.15. The van der Waals surface area contributed by atoms with Crippen LogP contribution in [0.15, 0.2) is 6.07 Å². The Balaban J connectivity index is 2.18. The number of amides is 1. The van der Waals surface area contributed by atoms with Gasteiger partial charge in [0, 0.05) is 20.1 Å². The van der Waals surface area contributed by atoms with Gasteiger partial charge < -0.3 is 15.2 Å². The highest BCUT2D eigenvalue weighted by atomic mass is 16.7. The number of hydroxylamine groups is 1. The van der Waals surface area contributed by atoms with Crippen molar-refractivity contribution in [1.29, 1.82) is 0 Å². The molecule has 9 nitrogen and oxygen atoms in total. The molecule has 0 spiro atoms. The molecule has 0 saturated heterocycles. The van der Waals surface area contributed by atoms with Crippen LogP contribution in [0.3, 0.4) is 0 Å². The van der Waals surface area contributed by atoms with E-state index in [0.29, 0.717) is 13.1 Å². The van der Waals surface area contributed by atoms with Crippen molar-refractivity contribution in [2.75, 3.05) is 13.2 Å². The van der Waals surface area contributed by atoms with Crippen LogP contribution in [0.25, 0.3) is 0 Å². The van der Waals surface area contributed by atoms with Crippen LogP contribution < -0.4 is 10.8 Å². The molecule has 1 heterocycles. The SMILES string of the molecule is Cn1nc(C(=O)O)cc1CNCCONC(=O)OC(C)(C)C. The fourth-order valence-corrected chi connectivity index (χ4v) is 1.52. The van der Waals surface area contributed by atoms with Crippen LogP contribution in [0, 0.1) is 0 Å². The largest absolute Gasteiger partial charge is 0.476 e. The molecule has 0 bridgehead atoms. The summed E-state index contributed by atoms with van der Waals surface area (Å²) in [5.41, 5.74) is 2.33. The molecule has 1 aromatic heterocycles. The van der Waals surface area contributed by atoms with Crippen LogP contribution in [-0.2, 0) is 23.2 Å². The topological polar surface area (TPSA) is 115 Å². The number of carbonyl (C=O) groups is 2. The van der Waals surface area contributed by atoms with Crippen LogP contribution in [0.4, 0.5) is 4.79 Å². The van der Waals surface area contributed by atoms with Crippen molar-refractivity contribution < 1.29 is 24.3 Å². The van der Waals surface area contributed by atoms with Crippen LogP contribution in [0.2, 0.25) is 0 Å². The second kappa shape index (κ2) is 7.76. The van der Waals surface area contributed by atoms with Gasteiger partial charge in [0.15, 0.2) is 5.69 Å². The Bertz CT molecular complexity index is 521. The smallest absolute Gasteiger partial charge is 0.431 e. The summed E-state index contributed by atoms with van der Waals surface area (Å²) in [4.78, 5) is 27.0. The van der Waals surface area contributed by atoms with Crippen molar-refractivity contribution in [3.8, 4) is 0 Å². The lowest BCUT2D eigenvalue weighted by molar-refractivity contribution is -0.00678. The molecule has 1 aromatic rings. The molecule has 0 unspecified atom stereocenters. The highest BCUT2D eigenvalue weighted by Crippen LogP contribution is 2.06. The van der Waals surface area contributed by atoms with E-state index in [1.54, 1.807) is 27.8 Å². The van der Waals surface area contributed by atoms with Gasteiger partial charge in [-0.05, 0) is 26.8 Å². The fourth-order valence-electron chi connectivity index (χ4n) is 1.52. The number of carboxylic acid groups (broad SMARTS) is 1. The molecule has 1 rings (SSSR count).